The highest BCUT2D eigenvalue weighted by molar-refractivity contribution is 5.78. The average Bonchev–Trinajstić information content (AvgIpc) is 2.65. The molecule has 0 amide bonds. The van der Waals surface area contributed by atoms with Gasteiger partial charge in [-0.1, -0.05) is 0 Å². The lowest BCUT2D eigenvalue weighted by Crippen LogP contribution is -2.20. The molecule has 1 atom stereocenters. The van der Waals surface area contributed by atoms with Crippen LogP contribution < -0.4 is 0 Å². The molecule has 1 aromatic rings. The van der Waals surface area contributed by atoms with E-state index in [-0.39, 0.29) is 11.9 Å². The van der Waals surface area contributed by atoms with Crippen molar-refractivity contribution in [2.45, 2.75) is 32.1 Å². The van der Waals surface area contributed by atoms with E-state index in [1.54, 1.807) is 6.20 Å². The molecule has 76 valence electrons. The van der Waals surface area contributed by atoms with Crippen molar-refractivity contribution in [1.82, 2.24) is 10.2 Å². The maximum atomic E-state index is 11.6. The van der Waals surface area contributed by atoms with Crippen LogP contribution in [0.25, 0.3) is 0 Å². The summed E-state index contributed by atoms with van der Waals surface area (Å²) in [6.45, 7) is 2.27. The molecule has 1 N–H and O–H groups in total. The Hall–Kier alpha value is -1.32. The van der Waals surface area contributed by atoms with Gasteiger partial charge in [-0.25, -0.2) is 0 Å². The topological polar surface area (TPSA) is 55.0 Å². The van der Waals surface area contributed by atoms with E-state index in [0.717, 1.165) is 30.5 Å². The Morgan fingerprint density at radius 2 is 2.64 bits per heavy atom. The van der Waals surface area contributed by atoms with Crippen LogP contribution in [0.3, 0.4) is 0 Å². The monoisotopic (exact) mass is 194 g/mol. The molecule has 0 spiro atoms. The summed E-state index contributed by atoms with van der Waals surface area (Å²) in [5, 5.41) is 6.86. The molecule has 1 heterocycles. The summed E-state index contributed by atoms with van der Waals surface area (Å²) in [6.07, 6.45) is 4.73. The Kier molecular flexibility index (Phi) is 2.52. The molecule has 1 aromatic heterocycles. The molecular weight excluding hydrogens is 180 g/mol. The second-order valence-electron chi connectivity index (χ2n) is 3.51. The van der Waals surface area contributed by atoms with Gasteiger partial charge in [0.25, 0.3) is 0 Å². The van der Waals surface area contributed by atoms with Gasteiger partial charge in [0.1, 0.15) is 0 Å². The summed E-state index contributed by atoms with van der Waals surface area (Å²) in [5.74, 6) is -0.251. The number of fused-ring (bicyclic) bond motifs is 1. The minimum atomic E-state index is -0.127. The first-order chi connectivity index (χ1) is 6.83. The van der Waals surface area contributed by atoms with Gasteiger partial charge in [-0.15, -0.1) is 0 Å². The van der Waals surface area contributed by atoms with E-state index in [0.29, 0.717) is 6.61 Å². The summed E-state index contributed by atoms with van der Waals surface area (Å²) in [6, 6.07) is 0. The zero-order valence-electron chi connectivity index (χ0n) is 8.25. The molecule has 0 radical (unpaired) electrons. The maximum absolute atomic E-state index is 11.6. The Morgan fingerprint density at radius 3 is 3.43 bits per heavy atom. The van der Waals surface area contributed by atoms with Gasteiger partial charge in [0, 0.05) is 0 Å². The van der Waals surface area contributed by atoms with E-state index >= 15 is 0 Å². The minimum Gasteiger partial charge on any atom is -0.465 e. The number of nitrogens with one attached hydrogen (secondary N) is 1. The van der Waals surface area contributed by atoms with Gasteiger partial charge in [0.2, 0.25) is 0 Å². The molecule has 4 nitrogen and oxygen atoms in total. The number of rotatable bonds is 2. The Labute approximate surface area is 82.7 Å². The molecule has 4 heteroatoms. The first-order valence-electron chi connectivity index (χ1n) is 5.01. The predicted octanol–water partition coefficient (Wildman–Crippen LogP) is 1.39. The van der Waals surface area contributed by atoms with E-state index in [2.05, 4.69) is 10.2 Å². The number of carbonyl (C=O) groups is 1. The fraction of sp³-hybridized carbons (Fsp3) is 0.600. The Bertz CT molecular complexity index is 333. The first kappa shape index (κ1) is 9.24. The van der Waals surface area contributed by atoms with Crippen molar-refractivity contribution in [3.05, 3.63) is 17.5 Å². The highest BCUT2D eigenvalue weighted by atomic mass is 16.5. The predicted molar refractivity (Wildman–Crippen MR) is 50.9 cm³/mol. The number of hydrogen-bond donors (Lipinski definition) is 1. The quantitative estimate of drug-likeness (QED) is 0.724. The SMILES string of the molecule is CCOC(=O)[C@H]1CCCc2cn[nH]c21. The van der Waals surface area contributed by atoms with Crippen LogP contribution in [0.5, 0.6) is 0 Å². The van der Waals surface area contributed by atoms with Crippen LogP contribution in [0.4, 0.5) is 0 Å². The van der Waals surface area contributed by atoms with Crippen LogP contribution >= 0.6 is 0 Å². The number of ether oxygens (including phenoxy) is 1. The third-order valence-corrected chi connectivity index (χ3v) is 2.61. The van der Waals surface area contributed by atoms with Gasteiger partial charge >= 0.3 is 5.97 Å². The number of aromatic amines is 1. The zero-order valence-corrected chi connectivity index (χ0v) is 8.25. The molecule has 0 aromatic carbocycles. The summed E-state index contributed by atoms with van der Waals surface area (Å²) in [7, 11) is 0. The van der Waals surface area contributed by atoms with Crippen LogP contribution in [0.15, 0.2) is 6.20 Å². The molecule has 0 aliphatic heterocycles. The summed E-state index contributed by atoms with van der Waals surface area (Å²) in [5.41, 5.74) is 2.11. The zero-order chi connectivity index (χ0) is 9.97. The fourth-order valence-corrected chi connectivity index (χ4v) is 1.94. The number of H-pyrrole nitrogens is 1. The molecule has 1 aliphatic carbocycles. The van der Waals surface area contributed by atoms with Crippen molar-refractivity contribution in [2.24, 2.45) is 0 Å². The summed E-state index contributed by atoms with van der Waals surface area (Å²) >= 11 is 0. The third-order valence-electron chi connectivity index (χ3n) is 2.61. The van der Waals surface area contributed by atoms with E-state index in [1.807, 2.05) is 6.92 Å². The van der Waals surface area contributed by atoms with E-state index in [4.69, 9.17) is 4.74 Å². The lowest BCUT2D eigenvalue weighted by Gasteiger charge is -2.19. The number of esters is 1. The first-order valence-corrected chi connectivity index (χ1v) is 5.01. The number of aryl methyl sites for hydroxylation is 1. The normalized spacial score (nSPS) is 20.2. The molecular formula is C10H14N2O2. The number of carbonyl (C=O) groups excluding carboxylic acids is 1. The van der Waals surface area contributed by atoms with Gasteiger partial charge in [-0.3, -0.25) is 9.89 Å². The Morgan fingerprint density at radius 1 is 1.79 bits per heavy atom. The molecule has 0 fully saturated rings. The number of aromatic nitrogens is 2. The van der Waals surface area contributed by atoms with Gasteiger partial charge < -0.3 is 4.74 Å². The average molecular weight is 194 g/mol. The van der Waals surface area contributed by atoms with E-state index < -0.39 is 0 Å². The summed E-state index contributed by atoms with van der Waals surface area (Å²) in [4.78, 5) is 11.6. The highest BCUT2D eigenvalue weighted by Gasteiger charge is 2.28. The van der Waals surface area contributed by atoms with Crippen molar-refractivity contribution < 1.29 is 9.53 Å². The molecule has 0 bridgehead atoms. The molecule has 2 rings (SSSR count). The molecule has 0 unspecified atom stereocenters. The van der Waals surface area contributed by atoms with Gasteiger partial charge in [0.05, 0.1) is 24.4 Å². The van der Waals surface area contributed by atoms with Gasteiger partial charge in [-0.05, 0) is 31.7 Å². The largest absolute Gasteiger partial charge is 0.465 e. The second kappa shape index (κ2) is 3.82. The standard InChI is InChI=1S/C10H14N2O2/c1-2-14-10(13)8-5-3-4-7-6-11-12-9(7)8/h6,8H,2-5H2,1H3,(H,11,12)/t8-/m0/s1. The number of nitrogens with zero attached hydrogens (tertiary/aromatic N) is 1. The molecule has 0 saturated heterocycles. The highest BCUT2D eigenvalue weighted by Crippen LogP contribution is 2.30. The van der Waals surface area contributed by atoms with Crippen LogP contribution in [-0.2, 0) is 16.0 Å². The van der Waals surface area contributed by atoms with Gasteiger partial charge in [0.15, 0.2) is 0 Å². The van der Waals surface area contributed by atoms with Gasteiger partial charge in [-0.2, -0.15) is 5.10 Å². The van der Waals surface area contributed by atoms with Crippen molar-refractivity contribution in [2.75, 3.05) is 6.61 Å². The van der Waals surface area contributed by atoms with Crippen molar-refractivity contribution >= 4 is 5.97 Å². The van der Waals surface area contributed by atoms with E-state index in [9.17, 15) is 4.79 Å². The van der Waals surface area contributed by atoms with E-state index in [1.165, 1.54) is 0 Å². The lowest BCUT2D eigenvalue weighted by molar-refractivity contribution is -0.145. The molecule has 0 saturated carbocycles. The van der Waals surface area contributed by atoms with Crippen LogP contribution in [0, 0.1) is 0 Å². The third kappa shape index (κ3) is 1.52. The second-order valence-corrected chi connectivity index (χ2v) is 3.51. The molecule has 1 aliphatic rings. The van der Waals surface area contributed by atoms with Crippen LogP contribution in [-0.4, -0.2) is 22.8 Å². The fourth-order valence-electron chi connectivity index (χ4n) is 1.94. The maximum Gasteiger partial charge on any atom is 0.314 e. The van der Waals surface area contributed by atoms with Crippen molar-refractivity contribution in [1.29, 1.82) is 0 Å². The van der Waals surface area contributed by atoms with Crippen molar-refractivity contribution in [3.63, 3.8) is 0 Å². The Balaban J connectivity index is 2.19. The number of hydrogen-bond acceptors (Lipinski definition) is 3. The summed E-state index contributed by atoms with van der Waals surface area (Å²) < 4.78 is 5.02. The smallest absolute Gasteiger partial charge is 0.314 e. The van der Waals surface area contributed by atoms with Crippen LogP contribution in [0.2, 0.25) is 0 Å². The minimum absolute atomic E-state index is 0.124. The van der Waals surface area contributed by atoms with Crippen molar-refractivity contribution in [3.8, 4) is 0 Å². The lowest BCUT2D eigenvalue weighted by atomic mass is 9.88. The molecule has 14 heavy (non-hydrogen) atoms. The van der Waals surface area contributed by atoms with Crippen LogP contribution in [0.1, 0.15) is 36.9 Å².